The second-order valence-electron chi connectivity index (χ2n) is 6.19. The molecule has 0 saturated heterocycles. The maximum atomic E-state index is 12.4. The molecule has 0 spiro atoms. The molecule has 2 N–H and O–H groups in total. The summed E-state index contributed by atoms with van der Waals surface area (Å²) in [5, 5.41) is 11.4. The number of hydrogen-bond donors (Lipinski definition) is 2. The summed E-state index contributed by atoms with van der Waals surface area (Å²) in [6.45, 7) is 0.571. The van der Waals surface area contributed by atoms with Crippen LogP contribution in [0.25, 0.3) is 0 Å². The van der Waals surface area contributed by atoms with E-state index in [0.29, 0.717) is 41.5 Å². The molecular formula is C23H21NO5. The largest absolute Gasteiger partial charge is 0.490 e. The van der Waals surface area contributed by atoms with E-state index >= 15 is 0 Å². The standard InChI is InChI=1S/C23H21NO5/c25-22(26)16-24-19-8-12-21(13-9-19)29-15-14-28-20-10-6-18(7-11-20)23(27)17-4-2-1-3-5-17/h1-13,24H,14-16H2,(H,25,26). The topological polar surface area (TPSA) is 84.9 Å². The highest BCUT2D eigenvalue weighted by atomic mass is 16.5. The summed E-state index contributed by atoms with van der Waals surface area (Å²) in [6.07, 6.45) is 0. The molecule has 0 bridgehead atoms. The van der Waals surface area contributed by atoms with Gasteiger partial charge in [0, 0.05) is 16.8 Å². The molecule has 0 radical (unpaired) electrons. The highest BCUT2D eigenvalue weighted by Gasteiger charge is 2.08. The first-order valence-corrected chi connectivity index (χ1v) is 9.13. The Morgan fingerprint density at radius 3 is 1.79 bits per heavy atom. The molecule has 3 rings (SSSR count). The molecule has 0 aliphatic carbocycles. The van der Waals surface area contributed by atoms with Crippen molar-refractivity contribution in [3.63, 3.8) is 0 Å². The van der Waals surface area contributed by atoms with Crippen molar-refractivity contribution in [1.29, 1.82) is 0 Å². The third-order valence-electron chi connectivity index (χ3n) is 4.07. The van der Waals surface area contributed by atoms with E-state index in [1.54, 1.807) is 60.7 Å². The third kappa shape index (κ3) is 6.10. The molecule has 6 heteroatoms. The number of hydrogen-bond acceptors (Lipinski definition) is 5. The zero-order chi connectivity index (χ0) is 20.5. The number of ether oxygens (including phenoxy) is 2. The number of aliphatic carboxylic acids is 1. The van der Waals surface area contributed by atoms with Gasteiger partial charge in [-0.05, 0) is 48.5 Å². The molecule has 0 aliphatic heterocycles. The molecule has 0 atom stereocenters. The minimum Gasteiger partial charge on any atom is -0.490 e. The fraction of sp³-hybridized carbons (Fsp3) is 0.130. The molecule has 3 aromatic rings. The highest BCUT2D eigenvalue weighted by Crippen LogP contribution is 2.17. The second kappa shape index (κ2) is 9.94. The van der Waals surface area contributed by atoms with Crippen LogP contribution < -0.4 is 14.8 Å². The Kier molecular flexibility index (Phi) is 6.84. The summed E-state index contributed by atoms with van der Waals surface area (Å²) < 4.78 is 11.2. The van der Waals surface area contributed by atoms with Crippen molar-refractivity contribution in [1.82, 2.24) is 0 Å². The van der Waals surface area contributed by atoms with Crippen LogP contribution in [0.2, 0.25) is 0 Å². The van der Waals surface area contributed by atoms with Crippen molar-refractivity contribution in [3.05, 3.63) is 90.0 Å². The van der Waals surface area contributed by atoms with E-state index in [-0.39, 0.29) is 12.3 Å². The van der Waals surface area contributed by atoms with E-state index in [1.165, 1.54) is 0 Å². The average Bonchev–Trinajstić information content (AvgIpc) is 2.76. The van der Waals surface area contributed by atoms with Crippen LogP contribution >= 0.6 is 0 Å². The van der Waals surface area contributed by atoms with Gasteiger partial charge in [0.1, 0.15) is 31.3 Å². The Morgan fingerprint density at radius 2 is 1.24 bits per heavy atom. The first-order valence-electron chi connectivity index (χ1n) is 9.13. The number of carboxylic acid groups (broad SMARTS) is 1. The summed E-state index contributed by atoms with van der Waals surface area (Å²) in [4.78, 5) is 22.9. The second-order valence-corrected chi connectivity index (χ2v) is 6.19. The molecule has 6 nitrogen and oxygen atoms in total. The van der Waals surface area contributed by atoms with Gasteiger partial charge in [0.2, 0.25) is 0 Å². The van der Waals surface area contributed by atoms with Gasteiger partial charge in [0.05, 0.1) is 0 Å². The van der Waals surface area contributed by atoms with Gasteiger partial charge in [-0.2, -0.15) is 0 Å². The van der Waals surface area contributed by atoms with Crippen LogP contribution in [0, 0.1) is 0 Å². The zero-order valence-electron chi connectivity index (χ0n) is 15.7. The summed E-state index contributed by atoms with van der Waals surface area (Å²) in [5.41, 5.74) is 1.97. The van der Waals surface area contributed by atoms with Gasteiger partial charge in [0.25, 0.3) is 0 Å². The lowest BCUT2D eigenvalue weighted by atomic mass is 10.0. The number of benzene rings is 3. The molecule has 0 amide bonds. The SMILES string of the molecule is O=C(O)CNc1ccc(OCCOc2ccc(C(=O)c3ccccc3)cc2)cc1. The smallest absolute Gasteiger partial charge is 0.322 e. The Hall–Kier alpha value is -3.80. The summed E-state index contributed by atoms with van der Waals surface area (Å²) >= 11 is 0. The van der Waals surface area contributed by atoms with Crippen LogP contribution in [0.15, 0.2) is 78.9 Å². The fourth-order valence-corrected chi connectivity index (χ4v) is 2.62. The number of ketones is 1. The van der Waals surface area contributed by atoms with Crippen LogP contribution in [0.5, 0.6) is 11.5 Å². The van der Waals surface area contributed by atoms with E-state index in [2.05, 4.69) is 5.32 Å². The first kappa shape index (κ1) is 19.9. The van der Waals surface area contributed by atoms with Crippen molar-refractivity contribution >= 4 is 17.4 Å². The van der Waals surface area contributed by atoms with Gasteiger partial charge >= 0.3 is 5.97 Å². The first-order chi connectivity index (χ1) is 14.1. The lowest BCUT2D eigenvalue weighted by Gasteiger charge is -2.10. The Bertz CT molecular complexity index is 937. The van der Waals surface area contributed by atoms with Gasteiger partial charge < -0.3 is 19.9 Å². The predicted octanol–water partition coefficient (Wildman–Crippen LogP) is 3.87. The molecule has 0 aliphatic rings. The summed E-state index contributed by atoms with van der Waals surface area (Å²) in [7, 11) is 0. The monoisotopic (exact) mass is 391 g/mol. The molecule has 29 heavy (non-hydrogen) atoms. The summed E-state index contributed by atoms with van der Waals surface area (Å²) in [6, 6.07) is 23.2. The lowest BCUT2D eigenvalue weighted by Crippen LogP contribution is -2.12. The number of carbonyl (C=O) groups is 2. The van der Waals surface area contributed by atoms with Crippen LogP contribution in [0.1, 0.15) is 15.9 Å². The lowest BCUT2D eigenvalue weighted by molar-refractivity contribution is -0.134. The van der Waals surface area contributed by atoms with Gasteiger partial charge in [-0.1, -0.05) is 30.3 Å². The molecule has 3 aromatic carbocycles. The molecule has 0 fully saturated rings. The van der Waals surface area contributed by atoms with E-state index in [9.17, 15) is 9.59 Å². The highest BCUT2D eigenvalue weighted by molar-refractivity contribution is 6.08. The van der Waals surface area contributed by atoms with Gasteiger partial charge in [-0.3, -0.25) is 9.59 Å². The molecule has 0 aromatic heterocycles. The molecule has 0 saturated carbocycles. The van der Waals surface area contributed by atoms with Crippen LogP contribution in [-0.4, -0.2) is 36.6 Å². The van der Waals surface area contributed by atoms with Crippen LogP contribution in [0.3, 0.4) is 0 Å². The van der Waals surface area contributed by atoms with Crippen LogP contribution in [0.4, 0.5) is 5.69 Å². The van der Waals surface area contributed by atoms with E-state index < -0.39 is 5.97 Å². The predicted molar refractivity (Wildman–Crippen MR) is 110 cm³/mol. The Morgan fingerprint density at radius 1 is 0.724 bits per heavy atom. The average molecular weight is 391 g/mol. The minimum absolute atomic E-state index is 0.0261. The number of nitrogens with one attached hydrogen (secondary N) is 1. The molecule has 0 heterocycles. The molecule has 0 unspecified atom stereocenters. The maximum absolute atomic E-state index is 12.4. The maximum Gasteiger partial charge on any atom is 0.322 e. The molecule has 148 valence electrons. The zero-order valence-corrected chi connectivity index (χ0v) is 15.7. The number of carboxylic acids is 1. The van der Waals surface area contributed by atoms with E-state index in [4.69, 9.17) is 14.6 Å². The summed E-state index contributed by atoms with van der Waals surface area (Å²) in [5.74, 6) is 0.381. The van der Waals surface area contributed by atoms with Crippen LogP contribution in [-0.2, 0) is 4.79 Å². The number of anilines is 1. The van der Waals surface area contributed by atoms with Gasteiger partial charge in [-0.15, -0.1) is 0 Å². The quantitative estimate of drug-likeness (QED) is 0.403. The normalized spacial score (nSPS) is 10.2. The van der Waals surface area contributed by atoms with Gasteiger partial charge in [0.15, 0.2) is 5.78 Å². The van der Waals surface area contributed by atoms with Crippen molar-refractivity contribution in [2.75, 3.05) is 25.1 Å². The minimum atomic E-state index is -0.917. The van der Waals surface area contributed by atoms with Gasteiger partial charge in [-0.25, -0.2) is 0 Å². The Balaban J connectivity index is 1.42. The van der Waals surface area contributed by atoms with Crippen molar-refractivity contribution in [2.45, 2.75) is 0 Å². The third-order valence-corrected chi connectivity index (χ3v) is 4.07. The van der Waals surface area contributed by atoms with E-state index in [0.717, 1.165) is 0 Å². The van der Waals surface area contributed by atoms with Crippen molar-refractivity contribution in [3.8, 4) is 11.5 Å². The van der Waals surface area contributed by atoms with Crippen molar-refractivity contribution < 1.29 is 24.2 Å². The molecular weight excluding hydrogens is 370 g/mol. The Labute approximate surface area is 168 Å². The number of rotatable bonds is 10. The van der Waals surface area contributed by atoms with E-state index in [1.807, 2.05) is 18.2 Å². The fourth-order valence-electron chi connectivity index (χ4n) is 2.62. The number of carbonyl (C=O) groups excluding carboxylic acids is 1. The van der Waals surface area contributed by atoms with Crippen molar-refractivity contribution in [2.24, 2.45) is 0 Å².